The predicted molar refractivity (Wildman–Crippen MR) is 98.9 cm³/mol. The molecule has 0 atom stereocenters. The summed E-state index contributed by atoms with van der Waals surface area (Å²) in [5.74, 6) is -0.125. The summed E-state index contributed by atoms with van der Waals surface area (Å²) in [6.45, 7) is 2.05. The number of nitrogens with one attached hydrogen (secondary N) is 1. The molecule has 0 saturated carbocycles. The van der Waals surface area contributed by atoms with Crippen LogP contribution >= 0.6 is 23.4 Å². The maximum absolute atomic E-state index is 12.5. The highest BCUT2D eigenvalue weighted by Crippen LogP contribution is 2.40. The molecule has 24 heavy (non-hydrogen) atoms. The quantitative estimate of drug-likeness (QED) is 0.857. The molecule has 0 bridgehead atoms. The van der Waals surface area contributed by atoms with E-state index in [-0.39, 0.29) is 10.7 Å². The molecule has 0 spiro atoms. The van der Waals surface area contributed by atoms with Gasteiger partial charge in [-0.3, -0.25) is 4.79 Å². The number of benzene rings is 2. The van der Waals surface area contributed by atoms with E-state index >= 15 is 0 Å². The third-order valence-electron chi connectivity index (χ3n) is 4.17. The van der Waals surface area contributed by atoms with Gasteiger partial charge in [-0.25, -0.2) is 0 Å². The first-order chi connectivity index (χ1) is 11.7. The zero-order chi connectivity index (χ0) is 16.8. The molecule has 3 rings (SSSR count). The smallest absolute Gasteiger partial charge is 0.252 e. The molecule has 1 fully saturated rings. The van der Waals surface area contributed by atoms with E-state index in [0.29, 0.717) is 17.1 Å². The Morgan fingerprint density at radius 1 is 1.08 bits per heavy atom. The van der Waals surface area contributed by atoms with Gasteiger partial charge in [-0.1, -0.05) is 41.9 Å². The van der Waals surface area contributed by atoms with Gasteiger partial charge in [-0.05, 0) is 37.1 Å². The molecule has 2 aromatic rings. The van der Waals surface area contributed by atoms with Crippen molar-refractivity contribution in [2.75, 3.05) is 19.8 Å². The molecule has 1 aliphatic heterocycles. The van der Waals surface area contributed by atoms with Gasteiger partial charge in [0.2, 0.25) is 0 Å². The standard InChI is InChI=1S/C19H20ClNO2S/c20-17-9-5-4-8-16(17)18(22)21-14-19(10-12-23-13-11-19)24-15-6-2-1-3-7-15/h1-9H,10-14H2,(H,21,22). The van der Waals surface area contributed by atoms with Crippen LogP contribution in [-0.2, 0) is 4.74 Å². The molecule has 126 valence electrons. The summed E-state index contributed by atoms with van der Waals surface area (Å²) >= 11 is 7.94. The molecule has 0 aliphatic carbocycles. The van der Waals surface area contributed by atoms with Crippen LogP contribution in [0.4, 0.5) is 0 Å². The first kappa shape index (κ1) is 17.3. The lowest BCUT2D eigenvalue weighted by atomic mass is 9.99. The van der Waals surface area contributed by atoms with Crippen LogP contribution in [0.15, 0.2) is 59.5 Å². The van der Waals surface area contributed by atoms with Crippen molar-refractivity contribution in [2.45, 2.75) is 22.5 Å². The van der Waals surface area contributed by atoms with E-state index in [2.05, 4.69) is 17.4 Å². The third-order valence-corrected chi connectivity index (χ3v) is 5.99. The summed E-state index contributed by atoms with van der Waals surface area (Å²) in [4.78, 5) is 13.7. The summed E-state index contributed by atoms with van der Waals surface area (Å²) in [7, 11) is 0. The Hall–Kier alpha value is -1.49. The van der Waals surface area contributed by atoms with Crippen LogP contribution in [0.5, 0.6) is 0 Å². The zero-order valence-corrected chi connectivity index (χ0v) is 14.9. The minimum atomic E-state index is -0.125. The van der Waals surface area contributed by atoms with Crippen LogP contribution in [0, 0.1) is 0 Å². The Balaban J connectivity index is 1.70. The highest BCUT2D eigenvalue weighted by Gasteiger charge is 2.34. The predicted octanol–water partition coefficient (Wildman–Crippen LogP) is 4.41. The third kappa shape index (κ3) is 4.32. The van der Waals surface area contributed by atoms with Gasteiger partial charge >= 0.3 is 0 Å². The summed E-state index contributed by atoms with van der Waals surface area (Å²) in [5.41, 5.74) is 0.520. The van der Waals surface area contributed by atoms with Crippen molar-refractivity contribution in [1.82, 2.24) is 5.32 Å². The highest BCUT2D eigenvalue weighted by atomic mass is 35.5. The Kier molecular flexibility index (Phi) is 5.82. The average Bonchev–Trinajstić information content (AvgIpc) is 2.62. The summed E-state index contributed by atoms with van der Waals surface area (Å²) < 4.78 is 5.48. The molecular formula is C19H20ClNO2S. The normalized spacial score (nSPS) is 16.5. The second-order valence-corrected chi connectivity index (χ2v) is 7.82. The molecule has 1 saturated heterocycles. The summed E-state index contributed by atoms with van der Waals surface area (Å²) in [5, 5.41) is 3.55. The minimum absolute atomic E-state index is 0.0451. The lowest BCUT2D eigenvalue weighted by molar-refractivity contribution is 0.0741. The van der Waals surface area contributed by atoms with Crippen molar-refractivity contribution < 1.29 is 9.53 Å². The fourth-order valence-electron chi connectivity index (χ4n) is 2.78. The van der Waals surface area contributed by atoms with Crippen molar-refractivity contribution in [3.63, 3.8) is 0 Å². The summed E-state index contributed by atoms with van der Waals surface area (Å²) in [6.07, 6.45) is 1.82. The number of hydrogen-bond donors (Lipinski definition) is 1. The number of halogens is 1. The number of hydrogen-bond acceptors (Lipinski definition) is 3. The van der Waals surface area contributed by atoms with Crippen molar-refractivity contribution in [3.05, 3.63) is 65.2 Å². The van der Waals surface area contributed by atoms with Gasteiger partial charge in [-0.15, -0.1) is 11.8 Å². The lowest BCUT2D eigenvalue weighted by Gasteiger charge is -2.36. The van der Waals surface area contributed by atoms with Gasteiger partial charge in [-0.2, -0.15) is 0 Å². The van der Waals surface area contributed by atoms with E-state index < -0.39 is 0 Å². The topological polar surface area (TPSA) is 38.3 Å². The lowest BCUT2D eigenvalue weighted by Crippen LogP contribution is -2.44. The van der Waals surface area contributed by atoms with E-state index in [0.717, 1.165) is 26.1 Å². The maximum atomic E-state index is 12.5. The monoisotopic (exact) mass is 361 g/mol. The van der Waals surface area contributed by atoms with Crippen LogP contribution in [0.25, 0.3) is 0 Å². The maximum Gasteiger partial charge on any atom is 0.252 e. The van der Waals surface area contributed by atoms with Crippen molar-refractivity contribution in [3.8, 4) is 0 Å². The van der Waals surface area contributed by atoms with Gasteiger partial charge in [0.1, 0.15) is 0 Å². The van der Waals surface area contributed by atoms with Crippen LogP contribution in [-0.4, -0.2) is 30.4 Å². The Morgan fingerprint density at radius 3 is 2.46 bits per heavy atom. The van der Waals surface area contributed by atoms with Gasteiger partial charge < -0.3 is 10.1 Å². The molecule has 3 nitrogen and oxygen atoms in total. The van der Waals surface area contributed by atoms with Gasteiger partial charge in [0, 0.05) is 29.4 Å². The van der Waals surface area contributed by atoms with Crippen molar-refractivity contribution in [1.29, 1.82) is 0 Å². The van der Waals surface area contributed by atoms with Gasteiger partial charge in [0.25, 0.3) is 5.91 Å². The molecule has 1 amide bonds. The molecule has 0 aromatic heterocycles. The molecule has 1 heterocycles. The number of amides is 1. The van der Waals surface area contributed by atoms with E-state index in [1.165, 1.54) is 4.90 Å². The largest absolute Gasteiger partial charge is 0.381 e. The number of carbonyl (C=O) groups excluding carboxylic acids is 1. The highest BCUT2D eigenvalue weighted by molar-refractivity contribution is 8.00. The molecule has 0 unspecified atom stereocenters. The molecule has 1 N–H and O–H groups in total. The molecule has 1 aliphatic rings. The second kappa shape index (κ2) is 8.06. The van der Waals surface area contributed by atoms with E-state index in [9.17, 15) is 4.79 Å². The molecule has 0 radical (unpaired) electrons. The Labute approximate surface area is 151 Å². The second-order valence-electron chi connectivity index (χ2n) is 5.87. The number of rotatable bonds is 5. The van der Waals surface area contributed by atoms with Crippen LogP contribution < -0.4 is 5.32 Å². The van der Waals surface area contributed by atoms with Gasteiger partial charge in [0.15, 0.2) is 0 Å². The van der Waals surface area contributed by atoms with Crippen LogP contribution in [0.3, 0.4) is 0 Å². The molecule has 5 heteroatoms. The van der Waals surface area contributed by atoms with Gasteiger partial charge in [0.05, 0.1) is 10.6 Å². The molecular weight excluding hydrogens is 342 g/mol. The summed E-state index contributed by atoms with van der Waals surface area (Å²) in [6, 6.07) is 17.4. The van der Waals surface area contributed by atoms with Crippen molar-refractivity contribution >= 4 is 29.3 Å². The fraction of sp³-hybridized carbons (Fsp3) is 0.316. The zero-order valence-electron chi connectivity index (χ0n) is 13.3. The Morgan fingerprint density at radius 2 is 1.75 bits per heavy atom. The van der Waals surface area contributed by atoms with E-state index in [4.69, 9.17) is 16.3 Å². The minimum Gasteiger partial charge on any atom is -0.381 e. The fourth-order valence-corrected chi connectivity index (χ4v) is 4.31. The Bertz CT molecular complexity index is 687. The number of carbonyl (C=O) groups is 1. The first-order valence-corrected chi connectivity index (χ1v) is 9.23. The SMILES string of the molecule is O=C(NCC1(Sc2ccccc2)CCOCC1)c1ccccc1Cl. The van der Waals surface area contributed by atoms with Crippen LogP contribution in [0.1, 0.15) is 23.2 Å². The van der Waals surface area contributed by atoms with Crippen LogP contribution in [0.2, 0.25) is 5.02 Å². The van der Waals surface area contributed by atoms with Crippen molar-refractivity contribution in [2.24, 2.45) is 0 Å². The number of thioether (sulfide) groups is 1. The molecule has 2 aromatic carbocycles. The first-order valence-electron chi connectivity index (χ1n) is 8.03. The number of ether oxygens (including phenoxy) is 1. The van der Waals surface area contributed by atoms with E-state index in [1.54, 1.807) is 12.1 Å². The van der Waals surface area contributed by atoms with E-state index in [1.807, 2.05) is 42.1 Å². The average molecular weight is 362 g/mol.